The maximum absolute atomic E-state index is 13.4. The van der Waals surface area contributed by atoms with Crippen molar-refractivity contribution >= 4 is 46.9 Å². The second-order valence-corrected chi connectivity index (χ2v) is 10.2. The first-order valence-electron chi connectivity index (χ1n) is 13.7. The standard InChI is InChI=1S/C29H42FN7O2.HI/c1-21(2)33-28(32-19-27(38-3)39-4)31-15-18-36-16-13-24(14-17-36)34-29-35-25-7-5-6-8-26(25)37(29)20-22-9-11-23(30)12-10-22;/h5-12,21,24,27H,13-20H2,1-4H3,(H,34,35)(H2,31,32,33);1H. The van der Waals surface area contributed by atoms with Gasteiger partial charge in [0.15, 0.2) is 12.2 Å². The van der Waals surface area contributed by atoms with Crippen LogP contribution in [0.5, 0.6) is 0 Å². The van der Waals surface area contributed by atoms with Gasteiger partial charge in [0.05, 0.1) is 24.1 Å². The molecule has 1 aliphatic rings. The summed E-state index contributed by atoms with van der Waals surface area (Å²) in [6.45, 7) is 9.00. The maximum Gasteiger partial charge on any atom is 0.204 e. The lowest BCUT2D eigenvalue weighted by molar-refractivity contribution is -0.0937. The van der Waals surface area contributed by atoms with Gasteiger partial charge in [-0.2, -0.15) is 0 Å². The van der Waals surface area contributed by atoms with Crippen molar-refractivity contribution in [1.29, 1.82) is 0 Å². The average Bonchev–Trinajstić information content (AvgIpc) is 3.27. The molecule has 0 unspecified atom stereocenters. The number of ether oxygens (including phenoxy) is 2. The Labute approximate surface area is 253 Å². The Bertz CT molecular complexity index is 1190. The van der Waals surface area contributed by atoms with Crippen LogP contribution >= 0.6 is 24.0 Å². The summed E-state index contributed by atoms with van der Waals surface area (Å²) in [7, 11) is 3.23. The predicted octanol–water partition coefficient (Wildman–Crippen LogP) is 4.28. The van der Waals surface area contributed by atoms with E-state index in [9.17, 15) is 4.39 Å². The van der Waals surface area contributed by atoms with Crippen molar-refractivity contribution in [2.75, 3.05) is 52.3 Å². The Morgan fingerprint density at radius 3 is 2.45 bits per heavy atom. The molecule has 0 amide bonds. The van der Waals surface area contributed by atoms with E-state index in [-0.39, 0.29) is 42.1 Å². The van der Waals surface area contributed by atoms with E-state index in [1.54, 1.807) is 14.2 Å². The highest BCUT2D eigenvalue weighted by molar-refractivity contribution is 14.0. The Hall–Kier alpha value is -2.48. The fourth-order valence-electron chi connectivity index (χ4n) is 4.77. The Balaban J connectivity index is 0.00000441. The van der Waals surface area contributed by atoms with Gasteiger partial charge in [-0.15, -0.1) is 24.0 Å². The second-order valence-electron chi connectivity index (χ2n) is 10.2. The van der Waals surface area contributed by atoms with Crippen LogP contribution in [0.1, 0.15) is 32.3 Å². The minimum Gasteiger partial charge on any atom is -0.355 e. The molecule has 2 aromatic carbocycles. The number of imidazole rings is 1. The molecule has 220 valence electrons. The van der Waals surface area contributed by atoms with Crippen LogP contribution in [0.2, 0.25) is 0 Å². The van der Waals surface area contributed by atoms with Gasteiger partial charge in [-0.1, -0.05) is 24.3 Å². The number of hydrogen-bond donors (Lipinski definition) is 3. The number of guanidine groups is 1. The van der Waals surface area contributed by atoms with Gasteiger partial charge in [0, 0.05) is 52.5 Å². The van der Waals surface area contributed by atoms with Gasteiger partial charge >= 0.3 is 0 Å². The zero-order chi connectivity index (χ0) is 27.6. The number of rotatable bonds is 12. The van der Waals surface area contributed by atoms with Gasteiger partial charge in [-0.25, -0.2) is 14.4 Å². The summed E-state index contributed by atoms with van der Waals surface area (Å²) < 4.78 is 26.1. The van der Waals surface area contributed by atoms with Crippen molar-refractivity contribution in [2.45, 2.75) is 51.6 Å². The van der Waals surface area contributed by atoms with Gasteiger partial charge in [0.25, 0.3) is 0 Å². The minimum atomic E-state index is -0.355. The van der Waals surface area contributed by atoms with Gasteiger partial charge < -0.3 is 34.9 Å². The van der Waals surface area contributed by atoms with Crippen LogP contribution in [-0.2, 0) is 16.0 Å². The molecule has 11 heteroatoms. The third kappa shape index (κ3) is 9.28. The molecule has 0 atom stereocenters. The first-order valence-corrected chi connectivity index (χ1v) is 13.7. The van der Waals surface area contributed by atoms with E-state index in [0.29, 0.717) is 19.1 Å². The van der Waals surface area contributed by atoms with Crippen LogP contribution in [0.3, 0.4) is 0 Å². The van der Waals surface area contributed by atoms with Gasteiger partial charge in [-0.3, -0.25) is 0 Å². The molecule has 0 spiro atoms. The van der Waals surface area contributed by atoms with Crippen LogP contribution in [-0.4, -0.2) is 85.7 Å². The number of aromatic nitrogens is 2. The van der Waals surface area contributed by atoms with E-state index in [4.69, 9.17) is 14.5 Å². The number of likely N-dealkylation sites (tertiary alicyclic amines) is 1. The van der Waals surface area contributed by atoms with Crippen molar-refractivity contribution < 1.29 is 13.9 Å². The summed E-state index contributed by atoms with van der Waals surface area (Å²) in [6, 6.07) is 15.5. The van der Waals surface area contributed by atoms with Crippen molar-refractivity contribution in [3.8, 4) is 0 Å². The molecule has 3 aromatic rings. The molecular weight excluding hydrogens is 624 g/mol. The first-order chi connectivity index (χ1) is 18.9. The van der Waals surface area contributed by atoms with E-state index in [1.165, 1.54) is 12.1 Å². The number of aliphatic imine (C=N–C) groups is 1. The molecule has 9 nitrogen and oxygen atoms in total. The average molecular weight is 668 g/mol. The maximum atomic E-state index is 13.4. The fourth-order valence-corrected chi connectivity index (χ4v) is 4.77. The molecule has 0 aliphatic carbocycles. The molecule has 4 rings (SSSR count). The Kier molecular flexibility index (Phi) is 12.9. The van der Waals surface area contributed by atoms with Crippen molar-refractivity contribution in [1.82, 2.24) is 25.1 Å². The summed E-state index contributed by atoms with van der Waals surface area (Å²) in [5, 5.41) is 10.5. The molecule has 2 heterocycles. The normalized spacial score (nSPS) is 15.0. The minimum absolute atomic E-state index is 0. The predicted molar refractivity (Wildman–Crippen MR) is 170 cm³/mol. The first kappa shape index (κ1) is 32.0. The summed E-state index contributed by atoms with van der Waals surface area (Å²) in [6.07, 6.45) is 1.72. The number of fused-ring (bicyclic) bond motifs is 1. The summed E-state index contributed by atoms with van der Waals surface area (Å²) >= 11 is 0. The largest absolute Gasteiger partial charge is 0.355 e. The van der Waals surface area contributed by atoms with E-state index in [2.05, 4.69) is 50.3 Å². The quantitative estimate of drug-likeness (QED) is 0.115. The lowest BCUT2D eigenvalue weighted by atomic mass is 10.1. The zero-order valence-corrected chi connectivity index (χ0v) is 26.2. The lowest BCUT2D eigenvalue weighted by Crippen LogP contribution is -2.46. The Morgan fingerprint density at radius 2 is 1.77 bits per heavy atom. The number of hydrogen-bond acceptors (Lipinski definition) is 6. The second kappa shape index (κ2) is 16.1. The summed E-state index contributed by atoms with van der Waals surface area (Å²) in [4.78, 5) is 12.0. The molecule has 0 bridgehead atoms. The molecule has 1 aromatic heterocycles. The van der Waals surface area contributed by atoms with Crippen molar-refractivity contribution in [3.05, 3.63) is 59.9 Å². The topological polar surface area (TPSA) is 88.0 Å². The van der Waals surface area contributed by atoms with E-state index in [0.717, 1.165) is 67.5 Å². The number of anilines is 1. The van der Waals surface area contributed by atoms with Crippen LogP contribution < -0.4 is 16.0 Å². The van der Waals surface area contributed by atoms with Crippen LogP contribution in [0.25, 0.3) is 11.0 Å². The molecule has 0 radical (unpaired) electrons. The summed E-state index contributed by atoms with van der Waals surface area (Å²) in [5.41, 5.74) is 3.07. The highest BCUT2D eigenvalue weighted by atomic mass is 127. The van der Waals surface area contributed by atoms with Crippen LogP contribution in [0.4, 0.5) is 10.3 Å². The zero-order valence-electron chi connectivity index (χ0n) is 23.9. The van der Waals surface area contributed by atoms with Gasteiger partial charge in [0.1, 0.15) is 5.82 Å². The molecule has 1 fully saturated rings. The van der Waals surface area contributed by atoms with Crippen molar-refractivity contribution in [2.24, 2.45) is 4.99 Å². The van der Waals surface area contributed by atoms with Gasteiger partial charge in [-0.05, 0) is 56.5 Å². The highest BCUT2D eigenvalue weighted by Gasteiger charge is 2.21. The van der Waals surface area contributed by atoms with E-state index >= 15 is 0 Å². The van der Waals surface area contributed by atoms with E-state index < -0.39 is 0 Å². The number of methoxy groups -OCH3 is 2. The third-order valence-electron chi connectivity index (χ3n) is 6.90. The third-order valence-corrected chi connectivity index (χ3v) is 6.90. The molecule has 40 heavy (non-hydrogen) atoms. The van der Waals surface area contributed by atoms with Crippen LogP contribution in [0, 0.1) is 5.82 Å². The van der Waals surface area contributed by atoms with E-state index in [1.807, 2.05) is 30.3 Å². The number of nitrogens with zero attached hydrogens (tertiary/aromatic N) is 4. The molecule has 1 aliphatic heterocycles. The smallest absolute Gasteiger partial charge is 0.204 e. The number of halogens is 2. The van der Waals surface area contributed by atoms with Crippen LogP contribution in [0.15, 0.2) is 53.5 Å². The lowest BCUT2D eigenvalue weighted by Gasteiger charge is -2.32. The van der Waals surface area contributed by atoms with Crippen molar-refractivity contribution in [3.63, 3.8) is 0 Å². The number of nitrogens with one attached hydrogen (secondary N) is 3. The summed E-state index contributed by atoms with van der Waals surface area (Å²) in [5.74, 6) is 1.41. The SMILES string of the molecule is COC(CN=C(NCCN1CCC(Nc2nc3ccccc3n2Cc2ccc(F)cc2)CC1)NC(C)C)OC.I. The fraction of sp³-hybridized carbons (Fsp3) is 0.517. The molecule has 1 saturated heterocycles. The number of para-hydroxylation sites is 2. The Morgan fingerprint density at radius 1 is 1.07 bits per heavy atom. The molecule has 3 N–H and O–H groups in total. The molecular formula is C29H43FIN7O2. The molecule has 0 saturated carbocycles. The monoisotopic (exact) mass is 667 g/mol. The van der Waals surface area contributed by atoms with Gasteiger partial charge in [0.2, 0.25) is 5.95 Å². The number of piperidine rings is 1. The number of benzene rings is 2. The highest BCUT2D eigenvalue weighted by Crippen LogP contribution is 2.24.